The van der Waals surface area contributed by atoms with Crippen molar-refractivity contribution in [3.05, 3.63) is 42.7 Å². The number of allylic oxidation sites excluding steroid dienone is 2. The van der Waals surface area contributed by atoms with Gasteiger partial charge in [-0.05, 0) is 25.0 Å². The lowest BCUT2D eigenvalue weighted by Gasteiger charge is -2.28. The van der Waals surface area contributed by atoms with Crippen LogP contribution in [0.25, 0.3) is 11.0 Å². The molecule has 0 bridgehead atoms. The zero-order valence-corrected chi connectivity index (χ0v) is 12.8. The van der Waals surface area contributed by atoms with Gasteiger partial charge in [0.1, 0.15) is 6.33 Å². The normalized spacial score (nSPS) is 21.0. The van der Waals surface area contributed by atoms with Crippen LogP contribution >= 0.6 is 0 Å². The standard InChI is InChI=1S/C17H19N3O2/c1-19(2)16(21)12-7-3-4-8-13(12)17(22)20-11-18-14-9-5-6-10-15(14)20/h3-6,9-13H,7-8H2,1-2H3. The molecule has 22 heavy (non-hydrogen) atoms. The zero-order chi connectivity index (χ0) is 15.7. The van der Waals surface area contributed by atoms with Crippen molar-refractivity contribution in [3.8, 4) is 0 Å². The summed E-state index contributed by atoms with van der Waals surface area (Å²) in [5.74, 6) is -0.684. The lowest BCUT2D eigenvalue weighted by molar-refractivity contribution is -0.134. The third-order valence-electron chi connectivity index (χ3n) is 4.20. The highest BCUT2D eigenvalue weighted by molar-refractivity contribution is 5.94. The molecule has 3 rings (SSSR count). The van der Waals surface area contributed by atoms with Crippen LogP contribution in [-0.4, -0.2) is 40.4 Å². The maximum absolute atomic E-state index is 12.9. The summed E-state index contributed by atoms with van der Waals surface area (Å²) in [4.78, 5) is 31.1. The van der Waals surface area contributed by atoms with Gasteiger partial charge in [-0.1, -0.05) is 24.3 Å². The second kappa shape index (κ2) is 5.75. The summed E-state index contributed by atoms with van der Waals surface area (Å²) in [6.45, 7) is 0. The molecule has 1 aliphatic rings. The van der Waals surface area contributed by atoms with Crippen LogP contribution in [0.5, 0.6) is 0 Å². The monoisotopic (exact) mass is 297 g/mol. The van der Waals surface area contributed by atoms with E-state index in [1.807, 2.05) is 36.4 Å². The van der Waals surface area contributed by atoms with Crippen LogP contribution in [0.2, 0.25) is 0 Å². The van der Waals surface area contributed by atoms with Crippen molar-refractivity contribution in [1.29, 1.82) is 0 Å². The molecule has 5 heteroatoms. The third kappa shape index (κ3) is 2.43. The van der Waals surface area contributed by atoms with E-state index in [9.17, 15) is 9.59 Å². The van der Waals surface area contributed by atoms with E-state index in [2.05, 4.69) is 4.98 Å². The molecule has 1 aromatic heterocycles. The van der Waals surface area contributed by atoms with Gasteiger partial charge in [0.15, 0.2) is 0 Å². The van der Waals surface area contributed by atoms with Gasteiger partial charge < -0.3 is 4.90 Å². The number of para-hydroxylation sites is 2. The fourth-order valence-electron chi connectivity index (χ4n) is 3.01. The Morgan fingerprint density at radius 2 is 1.82 bits per heavy atom. The number of imidazole rings is 1. The number of benzene rings is 1. The number of carbonyl (C=O) groups is 2. The molecule has 0 N–H and O–H groups in total. The van der Waals surface area contributed by atoms with Crippen LogP contribution in [0.1, 0.15) is 17.6 Å². The van der Waals surface area contributed by atoms with Gasteiger partial charge in [0.25, 0.3) is 0 Å². The first-order valence-corrected chi connectivity index (χ1v) is 7.42. The lowest BCUT2D eigenvalue weighted by atomic mass is 9.81. The largest absolute Gasteiger partial charge is 0.349 e. The second-order valence-corrected chi connectivity index (χ2v) is 5.83. The minimum absolute atomic E-state index is 0.00659. The Balaban J connectivity index is 1.96. The highest BCUT2D eigenvalue weighted by Crippen LogP contribution is 2.29. The molecule has 0 fully saturated rings. The van der Waals surface area contributed by atoms with E-state index in [1.165, 1.54) is 0 Å². The predicted molar refractivity (Wildman–Crippen MR) is 84.4 cm³/mol. The summed E-state index contributed by atoms with van der Waals surface area (Å²) in [5.41, 5.74) is 1.58. The van der Waals surface area contributed by atoms with E-state index in [-0.39, 0.29) is 23.7 Å². The van der Waals surface area contributed by atoms with Gasteiger partial charge in [-0.2, -0.15) is 0 Å². The molecule has 114 valence electrons. The number of amides is 1. The summed E-state index contributed by atoms with van der Waals surface area (Å²) >= 11 is 0. The van der Waals surface area contributed by atoms with Crippen molar-refractivity contribution in [2.24, 2.45) is 11.8 Å². The molecular weight excluding hydrogens is 278 g/mol. The van der Waals surface area contributed by atoms with Crippen LogP contribution < -0.4 is 0 Å². The number of hydrogen-bond donors (Lipinski definition) is 0. The Morgan fingerprint density at radius 3 is 2.55 bits per heavy atom. The summed E-state index contributed by atoms with van der Waals surface area (Å²) in [7, 11) is 3.46. The summed E-state index contributed by atoms with van der Waals surface area (Å²) < 4.78 is 1.58. The molecule has 1 heterocycles. The van der Waals surface area contributed by atoms with E-state index in [0.717, 1.165) is 11.0 Å². The third-order valence-corrected chi connectivity index (χ3v) is 4.20. The van der Waals surface area contributed by atoms with E-state index in [0.29, 0.717) is 12.8 Å². The Morgan fingerprint density at radius 1 is 1.14 bits per heavy atom. The molecule has 2 unspecified atom stereocenters. The molecule has 0 aliphatic heterocycles. The van der Waals surface area contributed by atoms with Gasteiger partial charge in [0.05, 0.1) is 22.9 Å². The Kier molecular flexibility index (Phi) is 3.79. The van der Waals surface area contributed by atoms with Crippen molar-refractivity contribution < 1.29 is 9.59 Å². The topological polar surface area (TPSA) is 55.2 Å². The summed E-state index contributed by atoms with van der Waals surface area (Å²) in [5, 5.41) is 0. The molecule has 1 aromatic carbocycles. The minimum Gasteiger partial charge on any atom is -0.349 e. The summed E-state index contributed by atoms with van der Waals surface area (Å²) in [6, 6.07) is 7.53. The van der Waals surface area contributed by atoms with E-state index in [1.54, 1.807) is 29.9 Å². The molecule has 1 aliphatic carbocycles. The van der Waals surface area contributed by atoms with Crippen molar-refractivity contribution in [3.63, 3.8) is 0 Å². The van der Waals surface area contributed by atoms with Gasteiger partial charge in [-0.3, -0.25) is 14.2 Å². The molecule has 1 amide bonds. The van der Waals surface area contributed by atoms with Gasteiger partial charge in [0.2, 0.25) is 11.8 Å². The molecular formula is C17H19N3O2. The van der Waals surface area contributed by atoms with E-state index < -0.39 is 0 Å². The van der Waals surface area contributed by atoms with Crippen molar-refractivity contribution in [2.75, 3.05) is 14.1 Å². The zero-order valence-electron chi connectivity index (χ0n) is 12.8. The first-order valence-electron chi connectivity index (χ1n) is 7.42. The smallest absolute Gasteiger partial charge is 0.236 e. The van der Waals surface area contributed by atoms with Crippen LogP contribution in [-0.2, 0) is 4.79 Å². The first kappa shape index (κ1) is 14.5. The average Bonchev–Trinajstić information content (AvgIpc) is 2.97. The average molecular weight is 297 g/mol. The number of aromatic nitrogens is 2. The Hall–Kier alpha value is -2.43. The van der Waals surface area contributed by atoms with Crippen LogP contribution in [0, 0.1) is 11.8 Å². The SMILES string of the molecule is CN(C)C(=O)C1CC=CCC1C(=O)n1cnc2ccccc21. The molecule has 0 saturated heterocycles. The maximum atomic E-state index is 12.9. The Labute approximate surface area is 129 Å². The predicted octanol–water partition coefficient (Wildman–Crippen LogP) is 2.35. The molecule has 0 spiro atoms. The minimum atomic E-state index is -0.336. The van der Waals surface area contributed by atoms with Crippen molar-refractivity contribution in [1.82, 2.24) is 14.5 Å². The molecule has 2 aromatic rings. The summed E-state index contributed by atoms with van der Waals surface area (Å²) in [6.07, 6.45) is 6.74. The number of hydrogen-bond acceptors (Lipinski definition) is 3. The highest BCUT2D eigenvalue weighted by Gasteiger charge is 2.35. The maximum Gasteiger partial charge on any atom is 0.236 e. The lowest BCUT2D eigenvalue weighted by Crippen LogP contribution is -2.39. The van der Waals surface area contributed by atoms with Gasteiger partial charge in [-0.15, -0.1) is 0 Å². The number of rotatable bonds is 2. The van der Waals surface area contributed by atoms with Crippen molar-refractivity contribution in [2.45, 2.75) is 12.8 Å². The van der Waals surface area contributed by atoms with Gasteiger partial charge in [-0.25, -0.2) is 4.98 Å². The van der Waals surface area contributed by atoms with Gasteiger partial charge >= 0.3 is 0 Å². The highest BCUT2D eigenvalue weighted by atomic mass is 16.2. The molecule has 2 atom stereocenters. The molecule has 0 saturated carbocycles. The number of nitrogens with zero attached hydrogens (tertiary/aromatic N) is 3. The van der Waals surface area contributed by atoms with Crippen LogP contribution in [0.4, 0.5) is 0 Å². The Bertz CT molecular complexity index is 745. The van der Waals surface area contributed by atoms with Crippen LogP contribution in [0.3, 0.4) is 0 Å². The molecule has 5 nitrogen and oxygen atoms in total. The van der Waals surface area contributed by atoms with Crippen molar-refractivity contribution >= 4 is 22.8 Å². The first-order chi connectivity index (χ1) is 10.6. The quantitative estimate of drug-likeness (QED) is 0.800. The number of carbonyl (C=O) groups excluding carboxylic acids is 2. The second-order valence-electron chi connectivity index (χ2n) is 5.83. The fourth-order valence-corrected chi connectivity index (χ4v) is 3.01. The van der Waals surface area contributed by atoms with Gasteiger partial charge in [0, 0.05) is 14.1 Å². The van der Waals surface area contributed by atoms with E-state index in [4.69, 9.17) is 0 Å². The van der Waals surface area contributed by atoms with Crippen LogP contribution in [0.15, 0.2) is 42.7 Å². The molecule has 0 radical (unpaired) electrons. The number of fused-ring (bicyclic) bond motifs is 1. The van der Waals surface area contributed by atoms with E-state index >= 15 is 0 Å². The fraction of sp³-hybridized carbons (Fsp3) is 0.353.